The number of aryl methyl sites for hydroxylation is 1. The number of halogens is 6. The van der Waals surface area contributed by atoms with Gasteiger partial charge in [0.15, 0.2) is 0 Å². The van der Waals surface area contributed by atoms with Crippen LogP contribution in [0.25, 0.3) is 0 Å². The van der Waals surface area contributed by atoms with Crippen LogP contribution < -0.4 is 9.47 Å². The summed E-state index contributed by atoms with van der Waals surface area (Å²) in [5, 5.41) is 11.8. The van der Waals surface area contributed by atoms with E-state index < -0.39 is 0 Å². The lowest BCUT2D eigenvalue weighted by Crippen LogP contribution is -2.32. The number of ether oxygens (including phenoxy) is 2. The van der Waals surface area contributed by atoms with E-state index in [1.165, 1.54) is 18.6 Å². The molecule has 13 nitrogen and oxygen atoms in total. The van der Waals surface area contributed by atoms with Crippen LogP contribution >= 0.6 is 69.6 Å². The van der Waals surface area contributed by atoms with Crippen molar-refractivity contribution >= 4 is 81.4 Å². The maximum absolute atomic E-state index is 13.2. The Morgan fingerprint density at radius 1 is 0.585 bits per heavy atom. The number of likely N-dealkylation sites (tertiary alicyclic amines) is 2. The molecule has 2 aliphatic heterocycles. The van der Waals surface area contributed by atoms with Crippen LogP contribution in [0, 0.1) is 30.1 Å². The molecule has 0 radical (unpaired) electrons. The Hall–Kier alpha value is -5.33. The second-order valence-corrected chi connectivity index (χ2v) is 18.0. The first-order chi connectivity index (χ1) is 31.2. The summed E-state index contributed by atoms with van der Waals surface area (Å²) in [5.41, 5.74) is 2.73. The Labute approximate surface area is 405 Å². The van der Waals surface area contributed by atoms with Crippen LogP contribution in [0.3, 0.4) is 0 Å². The van der Waals surface area contributed by atoms with Gasteiger partial charge in [-0.3, -0.25) is 9.59 Å². The van der Waals surface area contributed by atoms with E-state index in [2.05, 4.69) is 29.9 Å². The zero-order chi connectivity index (χ0) is 46.4. The smallest absolute Gasteiger partial charge is 0.257 e. The molecule has 2 aliphatic rings. The fourth-order valence-corrected chi connectivity index (χ4v) is 8.75. The van der Waals surface area contributed by atoms with Crippen LogP contribution in [-0.4, -0.2) is 89.9 Å². The summed E-state index contributed by atoms with van der Waals surface area (Å²) in [5.74, 6) is 1.12. The number of aromatic nitrogens is 6. The minimum absolute atomic E-state index is 0.0000342. The molecule has 0 saturated carbocycles. The average Bonchev–Trinajstić information content (AvgIpc) is 3.97. The van der Waals surface area contributed by atoms with Gasteiger partial charge in [0.05, 0.1) is 41.3 Å². The monoisotopic (exact) mass is 991 g/mol. The van der Waals surface area contributed by atoms with Crippen molar-refractivity contribution in [3.63, 3.8) is 0 Å². The normalized spacial score (nSPS) is 18.8. The van der Waals surface area contributed by atoms with Crippen LogP contribution in [0.1, 0.15) is 69.2 Å². The van der Waals surface area contributed by atoms with Crippen LogP contribution in [0.15, 0.2) is 97.8 Å². The quantitative estimate of drug-likeness (QED) is 0.128. The minimum atomic E-state index is -0.270. The molecule has 2 amide bonds. The van der Waals surface area contributed by atoms with Crippen LogP contribution in [0.2, 0.25) is 30.1 Å². The maximum Gasteiger partial charge on any atom is 0.257 e. The summed E-state index contributed by atoms with van der Waals surface area (Å²) < 4.78 is 12.2. The van der Waals surface area contributed by atoms with Gasteiger partial charge in [0, 0.05) is 99.2 Å². The first-order valence-electron chi connectivity index (χ1n) is 20.2. The lowest BCUT2D eigenvalue weighted by molar-refractivity contribution is 0.0760. The van der Waals surface area contributed by atoms with Crippen molar-refractivity contribution in [3.05, 3.63) is 162 Å². The molecule has 0 N–H and O–H groups in total. The molecule has 8 rings (SSSR count). The highest BCUT2D eigenvalue weighted by atomic mass is 35.5. The van der Waals surface area contributed by atoms with Gasteiger partial charge in [-0.1, -0.05) is 81.7 Å². The van der Waals surface area contributed by atoms with E-state index in [0.29, 0.717) is 85.0 Å². The number of pyridine rings is 2. The number of hydrogen-bond donors (Lipinski definition) is 0. The van der Waals surface area contributed by atoms with Gasteiger partial charge in [-0.05, 0) is 68.3 Å². The Kier molecular flexibility index (Phi) is 15.6. The van der Waals surface area contributed by atoms with Crippen LogP contribution in [0.5, 0.6) is 11.8 Å². The van der Waals surface area contributed by atoms with E-state index in [1.54, 1.807) is 71.7 Å². The molecule has 6 aromatic rings. The molecule has 2 fully saturated rings. The largest absolute Gasteiger partial charge is 0.474 e. The molecule has 2 aromatic carbocycles. The van der Waals surface area contributed by atoms with Gasteiger partial charge in [0.25, 0.3) is 11.8 Å². The van der Waals surface area contributed by atoms with E-state index in [4.69, 9.17) is 84.3 Å². The second-order valence-electron chi connectivity index (χ2n) is 15.5. The van der Waals surface area contributed by atoms with Gasteiger partial charge >= 0.3 is 0 Å². The molecule has 0 unspecified atom stereocenters. The summed E-state index contributed by atoms with van der Waals surface area (Å²) in [7, 11) is 0. The van der Waals surface area contributed by atoms with Gasteiger partial charge < -0.3 is 19.3 Å². The first kappa shape index (κ1) is 47.6. The molecule has 334 valence electrons. The van der Waals surface area contributed by atoms with Crippen LogP contribution in [0.4, 0.5) is 0 Å². The number of benzene rings is 2. The highest BCUT2D eigenvalue weighted by molar-refractivity contribution is 6.42. The second kappa shape index (κ2) is 21.3. The molecule has 65 heavy (non-hydrogen) atoms. The van der Waals surface area contributed by atoms with Gasteiger partial charge in [-0.2, -0.15) is 5.26 Å². The van der Waals surface area contributed by atoms with Crippen molar-refractivity contribution in [2.75, 3.05) is 26.2 Å². The third kappa shape index (κ3) is 11.7. The molecular weight excluding hydrogens is 955 g/mol. The number of hydrogen-bond acceptors (Lipinski definition) is 11. The van der Waals surface area contributed by atoms with Crippen molar-refractivity contribution in [3.8, 4) is 17.8 Å². The summed E-state index contributed by atoms with van der Waals surface area (Å²) >= 11 is 36.7. The third-order valence-corrected chi connectivity index (χ3v) is 13.2. The predicted octanol–water partition coefficient (Wildman–Crippen LogP) is 10.5. The molecular formula is C46H39Cl6N9O4. The molecule has 0 spiro atoms. The van der Waals surface area contributed by atoms with E-state index in [9.17, 15) is 9.59 Å². The molecule has 4 aromatic heterocycles. The molecule has 0 bridgehead atoms. The number of rotatable bonds is 10. The summed E-state index contributed by atoms with van der Waals surface area (Å²) in [4.78, 5) is 54.4. The van der Waals surface area contributed by atoms with Gasteiger partial charge in [0.2, 0.25) is 17.6 Å². The van der Waals surface area contributed by atoms with Gasteiger partial charge in [-0.25, -0.2) is 29.9 Å². The van der Waals surface area contributed by atoms with Gasteiger partial charge in [0.1, 0.15) is 24.1 Å². The Bertz CT molecular complexity index is 2680. The standard InChI is InChI=1S/C23H18Cl3N5O2.C23H21Cl3N4O2/c1-13(33-22-5-3-16(24)10-30-22)17-11-31(23(32)15-8-28-21(7-27)29-9-15)12-18(17)14-2-4-19(25)20(26)6-14;1-13(32-22-6-4-17(24)10-29-22)18-11-30(23(31)16-8-27-14(2)28-9-16)12-19(18)15-3-5-20(25)21(26)7-15/h2-6,8-10,13,17-18H,11-12H2,1H3;3-10,13,18-19H,11-12H2,1-2H3/t13-,17+,18+;13-,18+,19+/m10/s1. The van der Waals surface area contributed by atoms with E-state index in [0.717, 1.165) is 11.1 Å². The maximum atomic E-state index is 13.2. The highest BCUT2D eigenvalue weighted by Gasteiger charge is 2.42. The molecule has 0 aliphatic carbocycles. The Morgan fingerprint density at radius 3 is 1.37 bits per heavy atom. The van der Waals surface area contributed by atoms with Crippen molar-refractivity contribution < 1.29 is 19.1 Å². The number of nitriles is 1. The van der Waals surface area contributed by atoms with Crippen molar-refractivity contribution in [1.82, 2.24) is 39.7 Å². The highest BCUT2D eigenvalue weighted by Crippen LogP contribution is 2.40. The SMILES string of the molecule is C[C@@H](Oc1ccc(Cl)cn1)[C@@H]1CN(C(=O)c2cnc(C#N)nc2)C[C@H]1c1ccc(Cl)c(Cl)c1.Cc1ncc(C(=O)N2C[C@H]([C@H](C)Oc3ccc(Cl)cn3)[C@@H](c3ccc(Cl)c(Cl)c3)C2)cn1. The van der Waals surface area contributed by atoms with Gasteiger partial charge in [-0.15, -0.1) is 0 Å². The molecule has 6 atom stereocenters. The fourth-order valence-electron chi connectivity index (χ4n) is 7.92. The molecule has 19 heteroatoms. The van der Waals surface area contributed by atoms with E-state index >= 15 is 0 Å². The molecule has 6 heterocycles. The lowest BCUT2D eigenvalue weighted by atomic mass is 9.86. The number of nitrogens with zero attached hydrogens (tertiary/aromatic N) is 9. The third-order valence-electron chi connectivity index (χ3n) is 11.3. The predicted molar refractivity (Wildman–Crippen MR) is 249 cm³/mol. The summed E-state index contributed by atoms with van der Waals surface area (Å²) in [6.07, 6.45) is 8.42. The summed E-state index contributed by atoms with van der Waals surface area (Å²) in [6, 6.07) is 19.8. The summed E-state index contributed by atoms with van der Waals surface area (Å²) in [6.45, 7) is 7.62. The van der Waals surface area contributed by atoms with Crippen molar-refractivity contribution in [2.24, 2.45) is 11.8 Å². The lowest BCUT2D eigenvalue weighted by Gasteiger charge is -2.25. The average molecular weight is 995 g/mol. The zero-order valence-corrected chi connectivity index (χ0v) is 39.5. The number of carbonyl (C=O) groups is 2. The topological polar surface area (TPSA) is 160 Å². The fraction of sp³-hybridized carbons (Fsp3) is 0.283. The Balaban J connectivity index is 0.000000194. The first-order valence-corrected chi connectivity index (χ1v) is 22.5. The number of amides is 2. The zero-order valence-electron chi connectivity index (χ0n) is 35.0. The van der Waals surface area contributed by atoms with Crippen molar-refractivity contribution in [1.29, 1.82) is 5.26 Å². The van der Waals surface area contributed by atoms with Crippen LogP contribution in [-0.2, 0) is 0 Å². The number of carbonyl (C=O) groups excluding carboxylic acids is 2. The molecule has 2 saturated heterocycles. The minimum Gasteiger partial charge on any atom is -0.474 e. The van der Waals surface area contributed by atoms with E-state index in [-0.39, 0.29) is 53.5 Å². The van der Waals surface area contributed by atoms with Crippen molar-refractivity contribution in [2.45, 2.75) is 44.8 Å². The Morgan fingerprint density at radius 2 is 1.00 bits per heavy atom. The van der Waals surface area contributed by atoms with E-state index in [1.807, 2.05) is 44.2 Å².